The van der Waals surface area contributed by atoms with Crippen molar-refractivity contribution >= 4 is 23.2 Å². The first-order valence-electron chi connectivity index (χ1n) is 9.02. The van der Waals surface area contributed by atoms with E-state index in [2.05, 4.69) is 5.32 Å². The third-order valence-corrected chi connectivity index (χ3v) is 4.64. The van der Waals surface area contributed by atoms with Gasteiger partial charge in [0.1, 0.15) is 11.5 Å². The number of aryl methyl sites for hydroxylation is 1. The monoisotopic (exact) mass is 368 g/mol. The number of hydrogen-bond donors (Lipinski definition) is 1. The molecule has 1 fully saturated rings. The van der Waals surface area contributed by atoms with Crippen molar-refractivity contribution in [1.29, 1.82) is 0 Å². The molecule has 1 aliphatic rings. The summed E-state index contributed by atoms with van der Waals surface area (Å²) in [5.41, 5.74) is 2.38. The number of carbonyl (C=O) groups excluding carboxylic acids is 2. The van der Waals surface area contributed by atoms with E-state index in [1.807, 2.05) is 30.3 Å². The maximum atomic E-state index is 12.5. The van der Waals surface area contributed by atoms with Crippen LogP contribution < -0.4 is 19.7 Å². The van der Waals surface area contributed by atoms with Crippen molar-refractivity contribution < 1.29 is 19.1 Å². The lowest BCUT2D eigenvalue weighted by Crippen LogP contribution is -2.25. The Bertz CT molecular complexity index is 817. The first kappa shape index (κ1) is 18.8. The van der Waals surface area contributed by atoms with E-state index in [0.717, 1.165) is 23.4 Å². The maximum Gasteiger partial charge on any atom is 0.227 e. The van der Waals surface area contributed by atoms with Crippen LogP contribution in [0.1, 0.15) is 24.8 Å². The van der Waals surface area contributed by atoms with Crippen LogP contribution in [0.15, 0.2) is 42.5 Å². The van der Waals surface area contributed by atoms with Crippen molar-refractivity contribution in [3.05, 3.63) is 48.0 Å². The minimum atomic E-state index is -0.105. The highest BCUT2D eigenvalue weighted by Crippen LogP contribution is 2.33. The van der Waals surface area contributed by atoms with Gasteiger partial charge in [0.25, 0.3) is 0 Å². The van der Waals surface area contributed by atoms with E-state index in [0.29, 0.717) is 37.2 Å². The fourth-order valence-electron chi connectivity index (χ4n) is 3.14. The average molecular weight is 368 g/mol. The van der Waals surface area contributed by atoms with Crippen LogP contribution >= 0.6 is 0 Å². The summed E-state index contributed by atoms with van der Waals surface area (Å²) in [6, 6.07) is 13.0. The molecule has 2 amide bonds. The number of hydrogen-bond acceptors (Lipinski definition) is 4. The number of nitrogens with zero attached hydrogens (tertiary/aromatic N) is 1. The van der Waals surface area contributed by atoms with E-state index < -0.39 is 0 Å². The highest BCUT2D eigenvalue weighted by Gasteiger charge is 2.24. The first-order chi connectivity index (χ1) is 13.1. The number of amides is 2. The number of ether oxygens (including phenoxy) is 2. The topological polar surface area (TPSA) is 67.9 Å². The second kappa shape index (κ2) is 8.58. The summed E-state index contributed by atoms with van der Waals surface area (Å²) < 4.78 is 10.4. The van der Waals surface area contributed by atoms with Gasteiger partial charge in [-0.25, -0.2) is 0 Å². The Kier molecular flexibility index (Phi) is 5.96. The summed E-state index contributed by atoms with van der Waals surface area (Å²) in [5, 5.41) is 2.94. The van der Waals surface area contributed by atoms with Crippen LogP contribution in [-0.4, -0.2) is 32.6 Å². The normalized spacial score (nSPS) is 13.6. The molecule has 142 valence electrons. The van der Waals surface area contributed by atoms with Gasteiger partial charge in [-0.2, -0.15) is 0 Å². The summed E-state index contributed by atoms with van der Waals surface area (Å²) >= 11 is 0. The minimum absolute atomic E-state index is 0.0777. The van der Waals surface area contributed by atoms with Crippen LogP contribution in [0.2, 0.25) is 0 Å². The van der Waals surface area contributed by atoms with Gasteiger partial charge in [0, 0.05) is 25.5 Å². The van der Waals surface area contributed by atoms with Gasteiger partial charge in [0.2, 0.25) is 11.8 Å². The lowest BCUT2D eigenvalue weighted by Gasteiger charge is -2.20. The largest absolute Gasteiger partial charge is 0.497 e. The van der Waals surface area contributed by atoms with Gasteiger partial charge in [-0.05, 0) is 42.7 Å². The number of carbonyl (C=O) groups is 2. The first-order valence-corrected chi connectivity index (χ1v) is 9.02. The van der Waals surface area contributed by atoms with Crippen molar-refractivity contribution in [2.75, 3.05) is 31.0 Å². The Labute approximate surface area is 159 Å². The zero-order valence-electron chi connectivity index (χ0n) is 15.7. The predicted molar refractivity (Wildman–Crippen MR) is 105 cm³/mol. The van der Waals surface area contributed by atoms with Gasteiger partial charge in [0.15, 0.2) is 0 Å². The highest BCUT2D eigenvalue weighted by atomic mass is 16.5. The predicted octanol–water partition coefficient (Wildman–Crippen LogP) is 3.40. The van der Waals surface area contributed by atoms with Crippen molar-refractivity contribution in [3.63, 3.8) is 0 Å². The quantitative estimate of drug-likeness (QED) is 0.813. The number of anilines is 2. The van der Waals surface area contributed by atoms with Crippen LogP contribution in [-0.2, 0) is 16.0 Å². The molecule has 0 spiro atoms. The second-order valence-corrected chi connectivity index (χ2v) is 6.43. The number of benzene rings is 2. The zero-order valence-corrected chi connectivity index (χ0v) is 15.7. The van der Waals surface area contributed by atoms with Crippen LogP contribution in [0.4, 0.5) is 11.4 Å². The Balaban J connectivity index is 1.69. The summed E-state index contributed by atoms with van der Waals surface area (Å²) in [6.07, 6.45) is 2.33. The smallest absolute Gasteiger partial charge is 0.227 e. The molecule has 0 atom stereocenters. The molecule has 2 aromatic rings. The number of methoxy groups -OCH3 is 2. The van der Waals surface area contributed by atoms with E-state index in [9.17, 15) is 9.59 Å². The number of nitrogens with one attached hydrogen (secondary N) is 1. The van der Waals surface area contributed by atoms with Gasteiger partial charge < -0.3 is 19.7 Å². The molecule has 0 saturated carbocycles. The molecule has 2 aromatic carbocycles. The van der Waals surface area contributed by atoms with E-state index in [1.54, 1.807) is 31.3 Å². The van der Waals surface area contributed by atoms with Gasteiger partial charge in [-0.15, -0.1) is 0 Å². The molecule has 27 heavy (non-hydrogen) atoms. The number of rotatable bonds is 7. The van der Waals surface area contributed by atoms with Crippen LogP contribution in [0.5, 0.6) is 11.5 Å². The zero-order chi connectivity index (χ0) is 19.2. The molecule has 1 aliphatic heterocycles. The second-order valence-electron chi connectivity index (χ2n) is 6.43. The fourth-order valence-corrected chi connectivity index (χ4v) is 3.14. The van der Waals surface area contributed by atoms with E-state index >= 15 is 0 Å². The molecular formula is C21H24N2O4. The Hall–Kier alpha value is -3.02. The standard InChI is InChI=1S/C21H24N2O4/c1-26-16-8-5-15(6-9-16)7-12-20(24)22-18-14-17(27-2)10-11-19(18)23-13-3-4-21(23)25/h5-6,8-11,14H,3-4,7,12-13H2,1-2H3,(H,22,24). The molecule has 0 radical (unpaired) electrons. The minimum Gasteiger partial charge on any atom is -0.497 e. The van der Waals surface area contributed by atoms with Crippen molar-refractivity contribution in [3.8, 4) is 11.5 Å². The SMILES string of the molecule is COc1ccc(CCC(=O)Nc2cc(OC)ccc2N2CCCC2=O)cc1. The van der Waals surface area contributed by atoms with Crippen LogP contribution in [0.25, 0.3) is 0 Å². The van der Waals surface area contributed by atoms with Gasteiger partial charge in [-0.3, -0.25) is 9.59 Å². The lowest BCUT2D eigenvalue weighted by atomic mass is 10.1. The molecule has 0 bridgehead atoms. The summed E-state index contributed by atoms with van der Waals surface area (Å²) in [7, 11) is 3.20. The third kappa shape index (κ3) is 4.58. The van der Waals surface area contributed by atoms with Crippen molar-refractivity contribution in [1.82, 2.24) is 0 Å². The molecule has 6 nitrogen and oxygen atoms in total. The van der Waals surface area contributed by atoms with Crippen LogP contribution in [0, 0.1) is 0 Å². The molecular weight excluding hydrogens is 344 g/mol. The lowest BCUT2D eigenvalue weighted by molar-refractivity contribution is -0.117. The Morgan fingerprint density at radius 3 is 2.41 bits per heavy atom. The molecule has 1 N–H and O–H groups in total. The highest BCUT2D eigenvalue weighted by molar-refractivity contribution is 6.02. The molecule has 0 aromatic heterocycles. The Morgan fingerprint density at radius 1 is 1.07 bits per heavy atom. The molecule has 3 rings (SSSR count). The van der Waals surface area contributed by atoms with Gasteiger partial charge in [0.05, 0.1) is 25.6 Å². The van der Waals surface area contributed by atoms with E-state index in [4.69, 9.17) is 9.47 Å². The third-order valence-electron chi connectivity index (χ3n) is 4.64. The van der Waals surface area contributed by atoms with Crippen molar-refractivity contribution in [2.45, 2.75) is 25.7 Å². The molecule has 0 unspecified atom stereocenters. The summed E-state index contributed by atoms with van der Waals surface area (Å²) in [6.45, 7) is 0.667. The van der Waals surface area contributed by atoms with Gasteiger partial charge in [-0.1, -0.05) is 12.1 Å². The van der Waals surface area contributed by atoms with E-state index in [1.165, 1.54) is 0 Å². The van der Waals surface area contributed by atoms with Crippen molar-refractivity contribution in [2.24, 2.45) is 0 Å². The van der Waals surface area contributed by atoms with Crippen LogP contribution in [0.3, 0.4) is 0 Å². The molecule has 1 saturated heterocycles. The molecule has 0 aliphatic carbocycles. The Morgan fingerprint density at radius 2 is 1.78 bits per heavy atom. The maximum absolute atomic E-state index is 12.5. The molecule has 6 heteroatoms. The van der Waals surface area contributed by atoms with E-state index in [-0.39, 0.29) is 11.8 Å². The fraction of sp³-hybridized carbons (Fsp3) is 0.333. The summed E-state index contributed by atoms with van der Waals surface area (Å²) in [5.74, 6) is 1.40. The molecule has 1 heterocycles. The summed E-state index contributed by atoms with van der Waals surface area (Å²) in [4.78, 5) is 26.3. The van der Waals surface area contributed by atoms with Gasteiger partial charge >= 0.3 is 0 Å². The average Bonchev–Trinajstić information content (AvgIpc) is 3.12.